The molecule has 5 nitrogen and oxygen atoms in total. The zero-order chi connectivity index (χ0) is 22.4. The molecule has 174 valence electrons. The molecule has 0 aliphatic carbocycles. The number of nitrogens with one attached hydrogen (secondary N) is 2. The van der Waals surface area contributed by atoms with Crippen LogP contribution in [0.25, 0.3) is 0 Å². The molecule has 1 aliphatic heterocycles. The number of benzene rings is 2. The van der Waals surface area contributed by atoms with E-state index in [9.17, 15) is 22.4 Å². The van der Waals surface area contributed by atoms with E-state index in [4.69, 9.17) is 0 Å². The molecule has 32 heavy (non-hydrogen) atoms. The van der Waals surface area contributed by atoms with E-state index >= 15 is 0 Å². The second-order valence-corrected chi connectivity index (χ2v) is 7.27. The molecule has 2 N–H and O–H groups in total. The van der Waals surface area contributed by atoms with Gasteiger partial charge in [-0.25, -0.2) is 4.39 Å². The fraction of sp³-hybridized carbons (Fsp3) is 0.364. The molecule has 0 aromatic heterocycles. The van der Waals surface area contributed by atoms with Crippen LogP contribution in [-0.4, -0.2) is 30.4 Å². The molecule has 0 saturated carbocycles. The lowest BCUT2D eigenvalue weighted by Crippen LogP contribution is -2.38. The summed E-state index contributed by atoms with van der Waals surface area (Å²) in [4.78, 5) is 18.2. The van der Waals surface area contributed by atoms with Gasteiger partial charge in [-0.15, -0.1) is 24.0 Å². The summed E-state index contributed by atoms with van der Waals surface area (Å²) >= 11 is 0. The molecule has 0 saturated heterocycles. The number of nitrogens with zero attached hydrogens (tertiary/aromatic N) is 2. The smallest absolute Gasteiger partial charge is 0.356 e. The minimum Gasteiger partial charge on any atom is -0.356 e. The third-order valence-electron chi connectivity index (χ3n) is 5.10. The Morgan fingerprint density at radius 3 is 2.34 bits per heavy atom. The maximum absolute atomic E-state index is 13.2. The molecule has 0 radical (unpaired) electrons. The average molecular weight is 564 g/mol. The van der Waals surface area contributed by atoms with E-state index < -0.39 is 17.6 Å². The fourth-order valence-electron chi connectivity index (χ4n) is 3.48. The number of aliphatic imine (C=N–C) groups is 1. The highest BCUT2D eigenvalue weighted by atomic mass is 127. The van der Waals surface area contributed by atoms with Crippen LogP contribution < -0.4 is 10.6 Å². The van der Waals surface area contributed by atoms with Crippen LogP contribution >= 0.6 is 24.0 Å². The Balaban J connectivity index is 0.00000363. The second-order valence-electron chi connectivity index (χ2n) is 7.27. The van der Waals surface area contributed by atoms with Crippen LogP contribution in [0.3, 0.4) is 0 Å². The number of fused-ring (bicyclic) bond motifs is 1. The van der Waals surface area contributed by atoms with Crippen LogP contribution in [0.1, 0.15) is 35.1 Å². The van der Waals surface area contributed by atoms with Gasteiger partial charge in [-0.05, 0) is 35.2 Å². The number of rotatable bonds is 6. The number of hydrogen-bond donors (Lipinski definition) is 2. The van der Waals surface area contributed by atoms with Crippen molar-refractivity contribution in [3.05, 3.63) is 70.5 Å². The van der Waals surface area contributed by atoms with E-state index in [2.05, 4.69) is 15.6 Å². The SMILES string of the molecule is CN=C(NCCCC(=O)N1Cc2ccccc2C1)NCc1ccc(F)cc1C(F)(F)F.I. The molecule has 10 heteroatoms. The number of carbonyl (C=O) groups is 1. The van der Waals surface area contributed by atoms with E-state index in [-0.39, 0.29) is 42.0 Å². The first kappa shape index (κ1) is 25.9. The minimum atomic E-state index is -4.65. The van der Waals surface area contributed by atoms with Crippen LogP contribution in [0, 0.1) is 5.82 Å². The first-order valence-electron chi connectivity index (χ1n) is 9.92. The van der Waals surface area contributed by atoms with Crippen molar-refractivity contribution in [3.63, 3.8) is 0 Å². The van der Waals surface area contributed by atoms with Gasteiger partial charge in [0.2, 0.25) is 5.91 Å². The van der Waals surface area contributed by atoms with Gasteiger partial charge in [0.05, 0.1) is 5.56 Å². The summed E-state index contributed by atoms with van der Waals surface area (Å²) < 4.78 is 52.5. The van der Waals surface area contributed by atoms with Crippen molar-refractivity contribution in [1.29, 1.82) is 0 Å². The number of halogens is 5. The van der Waals surface area contributed by atoms with Crippen LogP contribution in [0.4, 0.5) is 17.6 Å². The number of carbonyl (C=O) groups excluding carboxylic acids is 1. The lowest BCUT2D eigenvalue weighted by Gasteiger charge is -2.17. The minimum absolute atomic E-state index is 0. The van der Waals surface area contributed by atoms with Gasteiger partial charge >= 0.3 is 6.18 Å². The lowest BCUT2D eigenvalue weighted by molar-refractivity contribution is -0.138. The van der Waals surface area contributed by atoms with E-state index in [1.54, 1.807) is 0 Å². The van der Waals surface area contributed by atoms with Gasteiger partial charge in [0, 0.05) is 39.6 Å². The number of alkyl halides is 3. The molecule has 0 fully saturated rings. The normalized spacial score (nSPS) is 13.4. The second kappa shape index (κ2) is 11.5. The molecule has 3 rings (SSSR count). The lowest BCUT2D eigenvalue weighted by atomic mass is 10.1. The largest absolute Gasteiger partial charge is 0.416 e. The third kappa shape index (κ3) is 6.81. The third-order valence-corrected chi connectivity index (χ3v) is 5.10. The molecule has 1 amide bonds. The highest BCUT2D eigenvalue weighted by molar-refractivity contribution is 14.0. The summed E-state index contributed by atoms with van der Waals surface area (Å²) in [6.45, 7) is 1.50. The zero-order valence-corrected chi connectivity index (χ0v) is 19.8. The molecule has 1 aliphatic rings. The maximum atomic E-state index is 13.2. The Morgan fingerprint density at radius 2 is 1.75 bits per heavy atom. The topological polar surface area (TPSA) is 56.7 Å². The first-order chi connectivity index (χ1) is 14.8. The molecule has 0 spiro atoms. The Labute approximate surface area is 201 Å². The highest BCUT2D eigenvalue weighted by Gasteiger charge is 2.33. The van der Waals surface area contributed by atoms with Gasteiger partial charge in [0.15, 0.2) is 5.96 Å². The van der Waals surface area contributed by atoms with Gasteiger partial charge in [-0.2, -0.15) is 13.2 Å². The van der Waals surface area contributed by atoms with Crippen molar-refractivity contribution in [1.82, 2.24) is 15.5 Å². The van der Waals surface area contributed by atoms with Crippen LogP contribution in [0.2, 0.25) is 0 Å². The van der Waals surface area contributed by atoms with Crippen LogP contribution in [0.5, 0.6) is 0 Å². The van der Waals surface area contributed by atoms with E-state index in [1.165, 1.54) is 7.05 Å². The Morgan fingerprint density at radius 1 is 1.09 bits per heavy atom. The summed E-state index contributed by atoms with van der Waals surface area (Å²) in [7, 11) is 1.50. The zero-order valence-electron chi connectivity index (χ0n) is 17.5. The Bertz CT molecular complexity index is 940. The van der Waals surface area contributed by atoms with Gasteiger partial charge in [-0.3, -0.25) is 9.79 Å². The van der Waals surface area contributed by atoms with Crippen molar-refractivity contribution in [2.75, 3.05) is 13.6 Å². The summed E-state index contributed by atoms with van der Waals surface area (Å²) in [6.07, 6.45) is -3.74. The molecule has 2 aromatic rings. The maximum Gasteiger partial charge on any atom is 0.416 e. The van der Waals surface area contributed by atoms with E-state index in [0.717, 1.165) is 23.3 Å². The quantitative estimate of drug-likeness (QED) is 0.179. The van der Waals surface area contributed by atoms with Crippen molar-refractivity contribution in [2.45, 2.75) is 38.7 Å². The molecule has 1 heterocycles. The predicted molar refractivity (Wildman–Crippen MR) is 125 cm³/mol. The average Bonchev–Trinajstić information content (AvgIpc) is 3.17. The molecule has 0 bridgehead atoms. The van der Waals surface area contributed by atoms with E-state index in [0.29, 0.717) is 44.5 Å². The van der Waals surface area contributed by atoms with Gasteiger partial charge in [0.25, 0.3) is 0 Å². The molecular formula is C22H25F4IN4O. The Hall–Kier alpha value is -2.37. The number of guanidine groups is 1. The van der Waals surface area contributed by atoms with Gasteiger partial charge in [-0.1, -0.05) is 30.3 Å². The number of amides is 1. The molecule has 0 unspecified atom stereocenters. The van der Waals surface area contributed by atoms with Crippen molar-refractivity contribution in [3.8, 4) is 0 Å². The van der Waals surface area contributed by atoms with E-state index in [1.807, 2.05) is 29.2 Å². The Kier molecular flexibility index (Phi) is 9.29. The summed E-state index contributed by atoms with van der Waals surface area (Å²) in [5.74, 6) is -0.579. The van der Waals surface area contributed by atoms with Crippen molar-refractivity contribution < 1.29 is 22.4 Å². The standard InChI is InChI=1S/C22H24F4N4O.HI/c1-27-21(29-12-15-8-9-18(23)11-19(15)22(24,25)26)28-10-4-7-20(31)30-13-16-5-2-3-6-17(16)14-30;/h2-3,5-6,8-9,11H,4,7,10,12-14H2,1H3,(H2,27,28,29);1H. The number of hydrogen-bond acceptors (Lipinski definition) is 2. The highest BCUT2D eigenvalue weighted by Crippen LogP contribution is 2.32. The first-order valence-corrected chi connectivity index (χ1v) is 9.92. The van der Waals surface area contributed by atoms with Crippen molar-refractivity contribution >= 4 is 35.8 Å². The van der Waals surface area contributed by atoms with Crippen LogP contribution in [-0.2, 0) is 30.6 Å². The summed E-state index contributed by atoms with van der Waals surface area (Å²) in [5, 5.41) is 5.78. The monoisotopic (exact) mass is 564 g/mol. The van der Waals surface area contributed by atoms with Gasteiger partial charge < -0.3 is 15.5 Å². The summed E-state index contributed by atoms with van der Waals surface area (Å²) in [6, 6.07) is 10.5. The fourth-order valence-corrected chi connectivity index (χ4v) is 3.48. The molecular weight excluding hydrogens is 539 g/mol. The van der Waals surface area contributed by atoms with Crippen LogP contribution in [0.15, 0.2) is 47.5 Å². The van der Waals surface area contributed by atoms with Crippen molar-refractivity contribution in [2.24, 2.45) is 4.99 Å². The van der Waals surface area contributed by atoms with Gasteiger partial charge in [0.1, 0.15) is 5.82 Å². The molecule has 2 aromatic carbocycles. The molecule has 0 atom stereocenters. The summed E-state index contributed by atoms with van der Waals surface area (Å²) in [5.41, 5.74) is 1.23. The predicted octanol–water partition coefficient (Wildman–Crippen LogP) is 4.45.